The Hall–Kier alpha value is -1.36. The van der Waals surface area contributed by atoms with Crippen LogP contribution >= 0.6 is 11.3 Å². The highest BCUT2D eigenvalue weighted by atomic mass is 32.1. The van der Waals surface area contributed by atoms with Crippen LogP contribution < -0.4 is 5.32 Å². The zero-order chi connectivity index (χ0) is 13.3. The van der Waals surface area contributed by atoms with Crippen LogP contribution in [0.2, 0.25) is 0 Å². The number of nitrogens with zero attached hydrogens (tertiary/aromatic N) is 1. The minimum atomic E-state index is -0.376. The second kappa shape index (κ2) is 5.10. The summed E-state index contributed by atoms with van der Waals surface area (Å²) in [7, 11) is 0. The molecule has 18 heavy (non-hydrogen) atoms. The van der Waals surface area contributed by atoms with Crippen LogP contribution in [0.25, 0.3) is 0 Å². The van der Waals surface area contributed by atoms with E-state index in [1.165, 1.54) is 10.4 Å². The number of carbonyl (C=O) groups is 2. The van der Waals surface area contributed by atoms with Gasteiger partial charge in [0.25, 0.3) is 5.91 Å². The molecule has 0 saturated carbocycles. The maximum atomic E-state index is 12.4. The Morgan fingerprint density at radius 3 is 2.94 bits per heavy atom. The summed E-state index contributed by atoms with van der Waals surface area (Å²) >= 11 is 1.54. The van der Waals surface area contributed by atoms with Crippen LogP contribution in [-0.2, 0) is 11.2 Å². The molecule has 5 heteroatoms. The monoisotopic (exact) mass is 266 g/mol. The lowest BCUT2D eigenvalue weighted by molar-refractivity contribution is -0.127. The number of aryl methyl sites for hydroxylation is 2. The second-order valence-corrected chi connectivity index (χ2v) is 5.67. The molecule has 98 valence electrons. The molecule has 1 saturated heterocycles. The van der Waals surface area contributed by atoms with Gasteiger partial charge >= 0.3 is 0 Å². The summed E-state index contributed by atoms with van der Waals surface area (Å²) in [6.07, 6.45) is 0.944. The van der Waals surface area contributed by atoms with Crippen molar-refractivity contribution in [3.63, 3.8) is 0 Å². The molecule has 1 N–H and O–H groups in total. The third kappa shape index (κ3) is 2.27. The Balaban J connectivity index is 2.22. The fourth-order valence-corrected chi connectivity index (χ4v) is 3.25. The molecule has 0 bridgehead atoms. The molecule has 1 aliphatic rings. The molecule has 2 amide bonds. The van der Waals surface area contributed by atoms with Crippen LogP contribution in [0.3, 0.4) is 0 Å². The number of amides is 2. The fraction of sp³-hybridized carbons (Fsp3) is 0.538. The lowest BCUT2D eigenvalue weighted by Gasteiger charge is -2.32. The van der Waals surface area contributed by atoms with Crippen molar-refractivity contribution >= 4 is 23.2 Å². The first kappa shape index (κ1) is 13.1. The molecule has 0 spiro atoms. The van der Waals surface area contributed by atoms with Crippen molar-refractivity contribution in [1.82, 2.24) is 10.2 Å². The van der Waals surface area contributed by atoms with E-state index in [2.05, 4.69) is 12.2 Å². The van der Waals surface area contributed by atoms with Gasteiger partial charge in [0.2, 0.25) is 5.91 Å². The number of rotatable bonds is 2. The summed E-state index contributed by atoms with van der Waals surface area (Å²) in [5.74, 6) is -0.0938. The predicted molar refractivity (Wildman–Crippen MR) is 71.9 cm³/mol. The lowest BCUT2D eigenvalue weighted by atomic mass is 10.2. The highest BCUT2D eigenvalue weighted by Crippen LogP contribution is 2.24. The normalized spacial score (nSPS) is 19.8. The molecule has 0 aromatic carbocycles. The number of nitrogens with one attached hydrogen (secondary N) is 1. The Labute approximate surface area is 111 Å². The number of hydrogen-bond acceptors (Lipinski definition) is 3. The predicted octanol–water partition coefficient (Wildman–Crippen LogP) is 1.58. The van der Waals surface area contributed by atoms with Gasteiger partial charge in [0.05, 0.1) is 4.88 Å². The molecule has 1 aromatic heterocycles. The molecular formula is C13H18N2O2S. The molecule has 1 fully saturated rings. The number of piperazine rings is 1. The first-order valence-electron chi connectivity index (χ1n) is 6.22. The molecule has 2 rings (SSSR count). The first-order chi connectivity index (χ1) is 8.54. The van der Waals surface area contributed by atoms with Gasteiger partial charge < -0.3 is 10.2 Å². The standard InChI is InChI=1S/C13H18N2O2S/c1-4-10-8(2)7-11(18-10)13(17)15-6-5-14-12(16)9(15)3/h7,9H,4-6H2,1-3H3,(H,14,16). The number of carbonyl (C=O) groups excluding carboxylic acids is 2. The third-order valence-corrected chi connectivity index (χ3v) is 4.68. The van der Waals surface area contributed by atoms with E-state index in [1.54, 1.807) is 23.2 Å². The van der Waals surface area contributed by atoms with Crippen molar-refractivity contribution in [2.45, 2.75) is 33.2 Å². The fourth-order valence-electron chi connectivity index (χ4n) is 2.18. The van der Waals surface area contributed by atoms with Crippen LogP contribution in [0.4, 0.5) is 0 Å². The van der Waals surface area contributed by atoms with Gasteiger partial charge in [-0.25, -0.2) is 0 Å². The minimum absolute atomic E-state index is 0.0230. The van der Waals surface area contributed by atoms with Gasteiger partial charge in [-0.2, -0.15) is 0 Å². The van der Waals surface area contributed by atoms with Crippen LogP contribution in [0.1, 0.15) is 34.0 Å². The SMILES string of the molecule is CCc1sc(C(=O)N2CCNC(=O)C2C)cc1C. The van der Waals surface area contributed by atoms with E-state index in [0.29, 0.717) is 13.1 Å². The highest BCUT2D eigenvalue weighted by Gasteiger charge is 2.30. The van der Waals surface area contributed by atoms with Crippen LogP contribution in [0.15, 0.2) is 6.07 Å². The van der Waals surface area contributed by atoms with E-state index in [4.69, 9.17) is 0 Å². The van der Waals surface area contributed by atoms with Gasteiger partial charge in [0.1, 0.15) is 6.04 Å². The first-order valence-corrected chi connectivity index (χ1v) is 7.04. The Morgan fingerprint density at radius 2 is 2.33 bits per heavy atom. The van der Waals surface area contributed by atoms with E-state index in [-0.39, 0.29) is 17.9 Å². The van der Waals surface area contributed by atoms with Crippen LogP contribution in [0, 0.1) is 6.92 Å². The topological polar surface area (TPSA) is 49.4 Å². The van der Waals surface area contributed by atoms with Crippen LogP contribution in [-0.4, -0.2) is 35.8 Å². The number of thiophene rings is 1. The summed E-state index contributed by atoms with van der Waals surface area (Å²) in [6, 6.07) is 1.56. The molecule has 4 nitrogen and oxygen atoms in total. The van der Waals surface area contributed by atoms with Gasteiger partial charge in [-0.1, -0.05) is 6.92 Å². The average molecular weight is 266 g/mol. The molecule has 2 heterocycles. The maximum Gasteiger partial charge on any atom is 0.264 e. The zero-order valence-electron chi connectivity index (χ0n) is 10.9. The van der Waals surface area contributed by atoms with E-state index in [0.717, 1.165) is 11.3 Å². The minimum Gasteiger partial charge on any atom is -0.353 e. The van der Waals surface area contributed by atoms with Crippen molar-refractivity contribution in [2.75, 3.05) is 13.1 Å². The van der Waals surface area contributed by atoms with Crippen LogP contribution in [0.5, 0.6) is 0 Å². The molecule has 0 aliphatic carbocycles. The van der Waals surface area contributed by atoms with Crippen molar-refractivity contribution in [3.8, 4) is 0 Å². The quantitative estimate of drug-likeness (QED) is 0.883. The van der Waals surface area contributed by atoms with Gasteiger partial charge in [-0.05, 0) is 31.9 Å². The van der Waals surface area contributed by atoms with Crippen molar-refractivity contribution < 1.29 is 9.59 Å². The highest BCUT2D eigenvalue weighted by molar-refractivity contribution is 7.14. The summed E-state index contributed by atoms with van der Waals surface area (Å²) in [5, 5.41) is 2.77. The molecule has 1 aromatic rings. The zero-order valence-corrected chi connectivity index (χ0v) is 11.8. The largest absolute Gasteiger partial charge is 0.353 e. The van der Waals surface area contributed by atoms with E-state index >= 15 is 0 Å². The van der Waals surface area contributed by atoms with Gasteiger partial charge in [-0.15, -0.1) is 11.3 Å². The van der Waals surface area contributed by atoms with Gasteiger partial charge in [-0.3, -0.25) is 9.59 Å². The summed E-state index contributed by atoms with van der Waals surface area (Å²) < 4.78 is 0. The molecule has 0 radical (unpaired) electrons. The van der Waals surface area contributed by atoms with Crippen molar-refractivity contribution in [2.24, 2.45) is 0 Å². The summed E-state index contributed by atoms with van der Waals surface area (Å²) in [6.45, 7) is 7.01. The van der Waals surface area contributed by atoms with Crippen molar-refractivity contribution in [1.29, 1.82) is 0 Å². The van der Waals surface area contributed by atoms with Gasteiger partial charge in [0.15, 0.2) is 0 Å². The Bertz CT molecular complexity index is 481. The molecule has 1 atom stereocenters. The summed E-state index contributed by atoms with van der Waals surface area (Å²) in [4.78, 5) is 27.6. The van der Waals surface area contributed by atoms with Gasteiger partial charge in [0, 0.05) is 18.0 Å². The number of hydrogen-bond donors (Lipinski definition) is 1. The van der Waals surface area contributed by atoms with E-state index in [1.807, 2.05) is 13.0 Å². The second-order valence-electron chi connectivity index (χ2n) is 4.54. The Morgan fingerprint density at radius 1 is 1.61 bits per heavy atom. The molecular weight excluding hydrogens is 248 g/mol. The molecule has 1 unspecified atom stereocenters. The van der Waals surface area contributed by atoms with E-state index in [9.17, 15) is 9.59 Å². The van der Waals surface area contributed by atoms with Crippen molar-refractivity contribution in [3.05, 3.63) is 21.4 Å². The summed E-state index contributed by atoms with van der Waals surface area (Å²) in [5.41, 5.74) is 1.17. The molecule has 1 aliphatic heterocycles. The smallest absolute Gasteiger partial charge is 0.264 e. The van der Waals surface area contributed by atoms with E-state index < -0.39 is 0 Å². The maximum absolute atomic E-state index is 12.4. The average Bonchev–Trinajstić information content (AvgIpc) is 2.73. The third-order valence-electron chi connectivity index (χ3n) is 3.31. The lowest BCUT2D eigenvalue weighted by Crippen LogP contribution is -2.55. The Kier molecular flexibility index (Phi) is 3.71.